The van der Waals surface area contributed by atoms with E-state index in [1.54, 1.807) is 0 Å². The number of para-hydroxylation sites is 1. The second kappa shape index (κ2) is 6.03. The van der Waals surface area contributed by atoms with Crippen LogP contribution in [0.15, 0.2) is 24.3 Å². The zero-order valence-electron chi connectivity index (χ0n) is 10.8. The van der Waals surface area contributed by atoms with Crippen LogP contribution in [0.25, 0.3) is 0 Å². The Bertz CT molecular complexity index is 348. The summed E-state index contributed by atoms with van der Waals surface area (Å²) in [6.45, 7) is 9.12. The molecule has 0 bridgehead atoms. The summed E-state index contributed by atoms with van der Waals surface area (Å²) in [5, 5.41) is 3.38. The predicted molar refractivity (Wildman–Crippen MR) is 71.7 cm³/mol. The summed E-state index contributed by atoms with van der Waals surface area (Å²) in [7, 11) is 0. The van der Waals surface area contributed by atoms with Crippen LogP contribution in [0.2, 0.25) is 0 Å². The third kappa shape index (κ3) is 3.20. The zero-order valence-corrected chi connectivity index (χ0v) is 10.8. The maximum atomic E-state index is 5.77. The molecule has 1 aromatic rings. The van der Waals surface area contributed by atoms with Gasteiger partial charge in [-0.05, 0) is 25.5 Å². The first-order valence-corrected chi connectivity index (χ1v) is 6.44. The van der Waals surface area contributed by atoms with Crippen molar-refractivity contribution in [3.63, 3.8) is 0 Å². The van der Waals surface area contributed by atoms with E-state index in [0.29, 0.717) is 6.10 Å². The standard InChI is InChI=1S/C14H22N2O/c1-3-16(11-13-10-15-8-9-17-13)14-7-5-4-6-12(14)2/h4-7,13,15H,3,8-11H2,1-2H3. The Morgan fingerprint density at radius 2 is 2.24 bits per heavy atom. The number of aryl methyl sites for hydroxylation is 1. The van der Waals surface area contributed by atoms with Gasteiger partial charge in [-0.15, -0.1) is 0 Å². The van der Waals surface area contributed by atoms with Gasteiger partial charge in [0.25, 0.3) is 0 Å². The van der Waals surface area contributed by atoms with Crippen LogP contribution in [0.5, 0.6) is 0 Å². The highest BCUT2D eigenvalue weighted by atomic mass is 16.5. The van der Waals surface area contributed by atoms with Crippen molar-refractivity contribution >= 4 is 5.69 Å². The second-order valence-electron chi connectivity index (χ2n) is 4.52. The van der Waals surface area contributed by atoms with Crippen molar-refractivity contribution < 1.29 is 4.74 Å². The number of hydrogen-bond acceptors (Lipinski definition) is 3. The van der Waals surface area contributed by atoms with Gasteiger partial charge in [0.05, 0.1) is 12.7 Å². The summed E-state index contributed by atoms with van der Waals surface area (Å²) in [4.78, 5) is 2.40. The third-order valence-electron chi connectivity index (χ3n) is 3.27. The van der Waals surface area contributed by atoms with Gasteiger partial charge >= 0.3 is 0 Å². The lowest BCUT2D eigenvalue weighted by Crippen LogP contribution is -2.45. The maximum absolute atomic E-state index is 5.77. The Labute approximate surface area is 104 Å². The van der Waals surface area contributed by atoms with Gasteiger partial charge in [0.1, 0.15) is 0 Å². The lowest BCUT2D eigenvalue weighted by atomic mass is 10.1. The summed E-state index contributed by atoms with van der Waals surface area (Å²) in [6, 6.07) is 8.55. The van der Waals surface area contributed by atoms with E-state index in [1.165, 1.54) is 11.3 Å². The summed E-state index contributed by atoms with van der Waals surface area (Å²) < 4.78 is 5.77. The number of rotatable bonds is 4. The molecule has 0 aromatic heterocycles. The van der Waals surface area contributed by atoms with Crippen LogP contribution in [-0.4, -0.2) is 38.9 Å². The van der Waals surface area contributed by atoms with Crippen LogP contribution in [0.4, 0.5) is 5.69 Å². The molecule has 1 heterocycles. The maximum Gasteiger partial charge on any atom is 0.0874 e. The Morgan fingerprint density at radius 1 is 1.41 bits per heavy atom. The molecule has 1 atom stereocenters. The van der Waals surface area contributed by atoms with Crippen molar-refractivity contribution in [2.45, 2.75) is 20.0 Å². The topological polar surface area (TPSA) is 24.5 Å². The number of anilines is 1. The minimum atomic E-state index is 0.309. The van der Waals surface area contributed by atoms with Crippen molar-refractivity contribution in [3.05, 3.63) is 29.8 Å². The monoisotopic (exact) mass is 234 g/mol. The molecule has 1 fully saturated rings. The molecule has 3 nitrogen and oxygen atoms in total. The molecular formula is C14H22N2O. The van der Waals surface area contributed by atoms with Crippen LogP contribution < -0.4 is 10.2 Å². The van der Waals surface area contributed by atoms with Crippen LogP contribution in [-0.2, 0) is 4.74 Å². The smallest absolute Gasteiger partial charge is 0.0874 e. The summed E-state index contributed by atoms with van der Waals surface area (Å²) in [6.07, 6.45) is 0.309. The molecule has 1 saturated heterocycles. The minimum absolute atomic E-state index is 0.309. The van der Waals surface area contributed by atoms with Crippen molar-refractivity contribution in [2.75, 3.05) is 37.7 Å². The number of likely N-dealkylation sites (N-methyl/N-ethyl adjacent to an activating group) is 1. The highest BCUT2D eigenvalue weighted by Crippen LogP contribution is 2.19. The van der Waals surface area contributed by atoms with Gasteiger partial charge in [-0.2, -0.15) is 0 Å². The average molecular weight is 234 g/mol. The molecule has 94 valence electrons. The first-order chi connectivity index (χ1) is 8.31. The van der Waals surface area contributed by atoms with Crippen molar-refractivity contribution in [1.29, 1.82) is 0 Å². The molecular weight excluding hydrogens is 212 g/mol. The quantitative estimate of drug-likeness (QED) is 0.860. The SMILES string of the molecule is CCN(CC1CNCCO1)c1ccccc1C. The van der Waals surface area contributed by atoms with E-state index >= 15 is 0 Å². The highest BCUT2D eigenvalue weighted by Gasteiger charge is 2.17. The van der Waals surface area contributed by atoms with Crippen LogP contribution in [0, 0.1) is 6.92 Å². The Kier molecular flexibility index (Phi) is 4.40. The first-order valence-electron chi connectivity index (χ1n) is 6.44. The van der Waals surface area contributed by atoms with E-state index in [1.807, 2.05) is 0 Å². The van der Waals surface area contributed by atoms with E-state index < -0.39 is 0 Å². The molecule has 1 unspecified atom stereocenters. The Morgan fingerprint density at radius 3 is 2.88 bits per heavy atom. The van der Waals surface area contributed by atoms with E-state index in [9.17, 15) is 0 Å². The molecule has 0 radical (unpaired) electrons. The molecule has 0 amide bonds. The molecule has 17 heavy (non-hydrogen) atoms. The second-order valence-corrected chi connectivity index (χ2v) is 4.52. The fraction of sp³-hybridized carbons (Fsp3) is 0.571. The molecule has 1 aromatic carbocycles. The van der Waals surface area contributed by atoms with Gasteiger partial charge in [0, 0.05) is 31.9 Å². The molecule has 0 spiro atoms. The third-order valence-corrected chi connectivity index (χ3v) is 3.27. The number of hydrogen-bond donors (Lipinski definition) is 1. The number of nitrogens with zero attached hydrogens (tertiary/aromatic N) is 1. The highest BCUT2D eigenvalue weighted by molar-refractivity contribution is 5.52. The van der Waals surface area contributed by atoms with Crippen molar-refractivity contribution in [2.24, 2.45) is 0 Å². The molecule has 0 aliphatic carbocycles. The lowest BCUT2D eigenvalue weighted by molar-refractivity contribution is 0.0335. The summed E-state index contributed by atoms with van der Waals surface area (Å²) in [5.41, 5.74) is 2.65. The number of nitrogens with one attached hydrogen (secondary N) is 1. The van der Waals surface area contributed by atoms with Gasteiger partial charge < -0.3 is 15.0 Å². The molecule has 3 heteroatoms. The fourth-order valence-corrected chi connectivity index (χ4v) is 2.30. The largest absolute Gasteiger partial charge is 0.374 e. The summed E-state index contributed by atoms with van der Waals surface area (Å²) >= 11 is 0. The van der Waals surface area contributed by atoms with Crippen LogP contribution in [0.3, 0.4) is 0 Å². The fourth-order valence-electron chi connectivity index (χ4n) is 2.30. The van der Waals surface area contributed by atoms with E-state index in [4.69, 9.17) is 4.74 Å². The Balaban J connectivity index is 2.03. The van der Waals surface area contributed by atoms with Gasteiger partial charge in [-0.3, -0.25) is 0 Å². The average Bonchev–Trinajstić information content (AvgIpc) is 2.38. The first kappa shape index (κ1) is 12.4. The van der Waals surface area contributed by atoms with Crippen LogP contribution in [0.1, 0.15) is 12.5 Å². The molecule has 0 saturated carbocycles. The molecule has 1 aliphatic heterocycles. The van der Waals surface area contributed by atoms with E-state index in [2.05, 4.69) is 48.3 Å². The zero-order chi connectivity index (χ0) is 12.1. The van der Waals surface area contributed by atoms with Crippen molar-refractivity contribution in [1.82, 2.24) is 5.32 Å². The number of benzene rings is 1. The minimum Gasteiger partial charge on any atom is -0.374 e. The van der Waals surface area contributed by atoms with Gasteiger partial charge in [-0.1, -0.05) is 18.2 Å². The van der Waals surface area contributed by atoms with Crippen molar-refractivity contribution in [3.8, 4) is 0 Å². The lowest BCUT2D eigenvalue weighted by Gasteiger charge is -2.31. The van der Waals surface area contributed by atoms with Gasteiger partial charge in [0.15, 0.2) is 0 Å². The van der Waals surface area contributed by atoms with Gasteiger partial charge in [0.2, 0.25) is 0 Å². The van der Waals surface area contributed by atoms with E-state index in [-0.39, 0.29) is 0 Å². The van der Waals surface area contributed by atoms with Crippen LogP contribution >= 0.6 is 0 Å². The molecule has 1 aliphatic rings. The number of morpholine rings is 1. The molecule has 1 N–H and O–H groups in total. The summed E-state index contributed by atoms with van der Waals surface area (Å²) in [5.74, 6) is 0. The normalized spacial score (nSPS) is 20.2. The number of ether oxygens (including phenoxy) is 1. The Hall–Kier alpha value is -1.06. The predicted octanol–water partition coefficient (Wildman–Crippen LogP) is 1.81. The molecule has 2 rings (SSSR count). The van der Waals surface area contributed by atoms with Gasteiger partial charge in [-0.25, -0.2) is 0 Å². The van der Waals surface area contributed by atoms with E-state index in [0.717, 1.165) is 32.8 Å².